The van der Waals surface area contributed by atoms with Gasteiger partial charge in [0, 0.05) is 12.5 Å². The molecule has 0 aromatic heterocycles. The molecule has 1 atom stereocenters. The van der Waals surface area contributed by atoms with Gasteiger partial charge in [0.25, 0.3) is 0 Å². The van der Waals surface area contributed by atoms with Crippen LogP contribution in [0.2, 0.25) is 0 Å². The van der Waals surface area contributed by atoms with Gasteiger partial charge in [-0.25, -0.2) is 4.79 Å². The first-order valence-electron chi connectivity index (χ1n) is 9.62. The van der Waals surface area contributed by atoms with Crippen LogP contribution in [0.15, 0.2) is 48.5 Å². The molecule has 1 fully saturated rings. The van der Waals surface area contributed by atoms with Crippen molar-refractivity contribution in [2.45, 2.75) is 25.2 Å². The molecule has 1 heterocycles. The fraction of sp³-hybridized carbons (Fsp3) is 0.409. The van der Waals surface area contributed by atoms with Gasteiger partial charge >= 0.3 is 6.09 Å². The van der Waals surface area contributed by atoms with E-state index in [0.29, 0.717) is 19.1 Å². The van der Waals surface area contributed by atoms with Crippen molar-refractivity contribution in [2.24, 2.45) is 5.92 Å². The van der Waals surface area contributed by atoms with Crippen LogP contribution in [0.1, 0.15) is 36.3 Å². The van der Waals surface area contributed by atoms with Gasteiger partial charge in [0.1, 0.15) is 6.61 Å². The molecule has 1 aliphatic carbocycles. The fourth-order valence-electron chi connectivity index (χ4n) is 4.20. The lowest BCUT2D eigenvalue weighted by Gasteiger charge is -2.22. The largest absolute Gasteiger partial charge is 0.449 e. The van der Waals surface area contributed by atoms with Crippen LogP contribution in [0.25, 0.3) is 11.1 Å². The zero-order valence-electron chi connectivity index (χ0n) is 15.0. The van der Waals surface area contributed by atoms with E-state index in [9.17, 15) is 4.79 Å². The quantitative estimate of drug-likeness (QED) is 0.859. The highest BCUT2D eigenvalue weighted by Gasteiger charge is 2.28. The van der Waals surface area contributed by atoms with Gasteiger partial charge in [0.15, 0.2) is 0 Å². The minimum absolute atomic E-state index is 0.121. The number of carbonyl (C=O) groups is 1. The Labute approximate surface area is 155 Å². The third kappa shape index (κ3) is 3.61. The van der Waals surface area contributed by atoms with Crippen molar-refractivity contribution in [1.29, 1.82) is 0 Å². The average Bonchev–Trinajstić information content (AvgIpc) is 3.01. The Hall–Kier alpha value is -2.33. The lowest BCUT2D eigenvalue weighted by atomic mass is 9.96. The summed E-state index contributed by atoms with van der Waals surface area (Å²) < 4.78 is 5.56. The zero-order valence-corrected chi connectivity index (χ0v) is 15.0. The second-order valence-corrected chi connectivity index (χ2v) is 7.25. The molecule has 136 valence electrons. The Bertz CT molecular complexity index is 723. The van der Waals surface area contributed by atoms with Crippen molar-refractivity contribution in [2.75, 3.05) is 26.2 Å². The Morgan fingerprint density at radius 3 is 2.42 bits per heavy atom. The number of alkyl carbamates (subject to hydrolysis) is 1. The van der Waals surface area contributed by atoms with Gasteiger partial charge in [-0.15, -0.1) is 0 Å². The monoisotopic (exact) mass is 350 g/mol. The highest BCUT2D eigenvalue weighted by Crippen LogP contribution is 2.44. The molecule has 1 aliphatic heterocycles. The smallest absolute Gasteiger partial charge is 0.407 e. The van der Waals surface area contributed by atoms with Gasteiger partial charge in [-0.05, 0) is 60.5 Å². The van der Waals surface area contributed by atoms with Crippen LogP contribution in [0.5, 0.6) is 0 Å². The maximum atomic E-state index is 12.1. The zero-order chi connectivity index (χ0) is 17.8. The number of carbonyl (C=O) groups excluding carboxylic acids is 1. The first kappa shape index (κ1) is 17.1. The SMILES string of the molecule is O=C(NCC[C@H]1CCCNC1)OCC1c2ccccc2-c2ccccc21. The molecule has 4 nitrogen and oxygen atoms in total. The maximum absolute atomic E-state index is 12.1. The van der Waals surface area contributed by atoms with E-state index < -0.39 is 0 Å². The topological polar surface area (TPSA) is 50.4 Å². The third-order valence-corrected chi connectivity index (χ3v) is 5.56. The molecule has 0 spiro atoms. The molecule has 1 saturated heterocycles. The van der Waals surface area contributed by atoms with Gasteiger partial charge in [0.05, 0.1) is 0 Å². The molecule has 0 bridgehead atoms. The summed E-state index contributed by atoms with van der Waals surface area (Å²) in [5.74, 6) is 0.785. The van der Waals surface area contributed by atoms with Crippen LogP contribution in [-0.2, 0) is 4.74 Å². The summed E-state index contributed by atoms with van der Waals surface area (Å²) in [6, 6.07) is 16.8. The minimum Gasteiger partial charge on any atom is -0.449 e. The predicted octanol–water partition coefficient (Wildman–Crippen LogP) is 3.91. The summed E-state index contributed by atoms with van der Waals surface area (Å²) in [5, 5.41) is 6.32. The summed E-state index contributed by atoms with van der Waals surface area (Å²) >= 11 is 0. The number of rotatable bonds is 5. The van der Waals surface area contributed by atoms with Crippen LogP contribution in [0.4, 0.5) is 4.79 Å². The van der Waals surface area contributed by atoms with Crippen molar-refractivity contribution in [3.05, 3.63) is 59.7 Å². The van der Waals surface area contributed by atoms with Crippen LogP contribution < -0.4 is 10.6 Å². The number of piperidine rings is 1. The number of ether oxygens (including phenoxy) is 1. The van der Waals surface area contributed by atoms with E-state index in [4.69, 9.17) is 4.74 Å². The van der Waals surface area contributed by atoms with Crippen molar-refractivity contribution < 1.29 is 9.53 Å². The molecule has 2 aromatic rings. The lowest BCUT2D eigenvalue weighted by molar-refractivity contribution is 0.142. The van der Waals surface area contributed by atoms with Crippen molar-refractivity contribution in [1.82, 2.24) is 10.6 Å². The van der Waals surface area contributed by atoms with E-state index in [-0.39, 0.29) is 12.0 Å². The number of amides is 1. The first-order chi connectivity index (χ1) is 12.8. The second kappa shape index (κ2) is 7.92. The molecular formula is C22H26N2O2. The summed E-state index contributed by atoms with van der Waals surface area (Å²) in [6.45, 7) is 3.25. The second-order valence-electron chi connectivity index (χ2n) is 7.25. The average molecular weight is 350 g/mol. The fourth-order valence-corrected chi connectivity index (χ4v) is 4.20. The summed E-state index contributed by atoms with van der Waals surface area (Å²) in [6.07, 6.45) is 3.18. The van der Waals surface area contributed by atoms with Crippen molar-refractivity contribution in [3.63, 3.8) is 0 Å². The van der Waals surface area contributed by atoms with Crippen LogP contribution >= 0.6 is 0 Å². The Balaban J connectivity index is 1.32. The molecule has 2 N–H and O–H groups in total. The van der Waals surface area contributed by atoms with E-state index in [1.165, 1.54) is 35.1 Å². The molecular weight excluding hydrogens is 324 g/mol. The number of hydrogen-bond acceptors (Lipinski definition) is 3. The van der Waals surface area contributed by atoms with Crippen LogP contribution in [0, 0.1) is 5.92 Å². The van der Waals surface area contributed by atoms with Gasteiger partial charge in [-0.3, -0.25) is 0 Å². The van der Waals surface area contributed by atoms with E-state index >= 15 is 0 Å². The molecule has 4 heteroatoms. The lowest BCUT2D eigenvalue weighted by Crippen LogP contribution is -2.33. The molecule has 2 aromatic carbocycles. The summed E-state index contributed by atoms with van der Waals surface area (Å²) in [5.41, 5.74) is 4.99. The van der Waals surface area contributed by atoms with E-state index in [1.54, 1.807) is 0 Å². The third-order valence-electron chi connectivity index (χ3n) is 5.56. The number of hydrogen-bond donors (Lipinski definition) is 2. The predicted molar refractivity (Wildman–Crippen MR) is 103 cm³/mol. The van der Waals surface area contributed by atoms with Gasteiger partial charge in [-0.1, -0.05) is 48.5 Å². The highest BCUT2D eigenvalue weighted by molar-refractivity contribution is 5.79. The van der Waals surface area contributed by atoms with E-state index in [0.717, 1.165) is 19.5 Å². The standard InChI is InChI=1S/C22H26N2O2/c25-22(24-13-11-16-6-5-12-23-14-16)26-15-21-19-9-3-1-7-17(19)18-8-2-4-10-20(18)21/h1-4,7-10,16,21,23H,5-6,11-15H2,(H,24,25)/t16-/m1/s1. The van der Waals surface area contributed by atoms with E-state index in [2.05, 4.69) is 59.2 Å². The van der Waals surface area contributed by atoms with Gasteiger partial charge < -0.3 is 15.4 Å². The summed E-state index contributed by atoms with van der Waals surface area (Å²) in [4.78, 5) is 12.1. The first-order valence-corrected chi connectivity index (χ1v) is 9.62. The Morgan fingerprint density at radius 1 is 1.08 bits per heavy atom. The Morgan fingerprint density at radius 2 is 1.77 bits per heavy atom. The Kier molecular flexibility index (Phi) is 5.21. The molecule has 0 unspecified atom stereocenters. The molecule has 4 rings (SSSR count). The maximum Gasteiger partial charge on any atom is 0.407 e. The molecule has 0 radical (unpaired) electrons. The minimum atomic E-state index is -0.310. The molecule has 1 amide bonds. The summed E-state index contributed by atoms with van der Waals surface area (Å²) in [7, 11) is 0. The molecule has 26 heavy (non-hydrogen) atoms. The van der Waals surface area contributed by atoms with Crippen LogP contribution in [-0.4, -0.2) is 32.3 Å². The van der Waals surface area contributed by atoms with Crippen molar-refractivity contribution >= 4 is 6.09 Å². The number of nitrogens with one attached hydrogen (secondary N) is 2. The van der Waals surface area contributed by atoms with Crippen molar-refractivity contribution in [3.8, 4) is 11.1 Å². The number of fused-ring (bicyclic) bond motifs is 3. The van der Waals surface area contributed by atoms with Gasteiger partial charge in [0.2, 0.25) is 0 Å². The van der Waals surface area contributed by atoms with E-state index in [1.807, 2.05) is 0 Å². The van der Waals surface area contributed by atoms with Gasteiger partial charge in [-0.2, -0.15) is 0 Å². The molecule has 0 saturated carbocycles. The normalized spacial score (nSPS) is 18.8. The highest BCUT2D eigenvalue weighted by atomic mass is 16.5. The number of benzene rings is 2. The van der Waals surface area contributed by atoms with Crippen LogP contribution in [0.3, 0.4) is 0 Å². The molecule has 2 aliphatic rings.